The summed E-state index contributed by atoms with van der Waals surface area (Å²) in [4.78, 5) is 0. The van der Waals surface area contributed by atoms with Gasteiger partial charge in [0.2, 0.25) is 0 Å². The first-order valence-electron chi connectivity index (χ1n) is 3.39. The summed E-state index contributed by atoms with van der Waals surface area (Å²) in [5.74, 6) is 0. The number of pyridine rings is 1. The van der Waals surface area contributed by atoms with Gasteiger partial charge in [-0.05, 0) is 12.5 Å². The van der Waals surface area contributed by atoms with Gasteiger partial charge >= 0.3 is 0 Å². The minimum Gasteiger partial charge on any atom is -0.322 e. The molecule has 0 spiro atoms. The topological polar surface area (TPSA) is 29.9 Å². The molecule has 0 aliphatic carbocycles. The molecule has 2 heteroatoms. The molecule has 0 aliphatic heterocycles. The summed E-state index contributed by atoms with van der Waals surface area (Å²) < 4.78 is 2.03. The first-order chi connectivity index (χ1) is 4.74. The van der Waals surface area contributed by atoms with E-state index in [0.29, 0.717) is 6.54 Å². The van der Waals surface area contributed by atoms with Crippen molar-refractivity contribution in [3.05, 3.63) is 29.6 Å². The number of nitrogens with zero attached hydrogens (tertiary/aromatic N) is 1. The summed E-state index contributed by atoms with van der Waals surface area (Å²) >= 11 is 0. The van der Waals surface area contributed by atoms with Gasteiger partial charge in [0.05, 0.1) is 6.54 Å². The van der Waals surface area contributed by atoms with Crippen molar-refractivity contribution >= 4 is 0 Å². The maximum Gasteiger partial charge on any atom is 0.195 e. The van der Waals surface area contributed by atoms with E-state index in [1.807, 2.05) is 17.8 Å². The van der Waals surface area contributed by atoms with Crippen LogP contribution in [-0.2, 0) is 13.6 Å². The molecule has 1 rings (SSSR count). The van der Waals surface area contributed by atoms with Gasteiger partial charge in [0.1, 0.15) is 7.05 Å². The average molecular weight is 137 g/mol. The summed E-state index contributed by atoms with van der Waals surface area (Å²) in [5.41, 5.74) is 7.93. The lowest BCUT2D eigenvalue weighted by molar-refractivity contribution is -0.679. The predicted molar refractivity (Wildman–Crippen MR) is 40.2 cm³/mol. The van der Waals surface area contributed by atoms with Gasteiger partial charge in [0, 0.05) is 12.1 Å². The van der Waals surface area contributed by atoms with Crippen molar-refractivity contribution in [3.8, 4) is 0 Å². The number of aryl methyl sites for hydroxylation is 2. The molecular weight excluding hydrogens is 124 g/mol. The minimum absolute atomic E-state index is 0.609. The molecule has 0 amide bonds. The molecule has 0 atom stereocenters. The second-order valence-corrected chi connectivity index (χ2v) is 2.51. The number of rotatable bonds is 1. The number of nitrogens with two attached hydrogens (primary N) is 1. The molecule has 0 saturated heterocycles. The van der Waals surface area contributed by atoms with Gasteiger partial charge in [-0.1, -0.05) is 0 Å². The highest BCUT2D eigenvalue weighted by atomic mass is 14.9. The van der Waals surface area contributed by atoms with Gasteiger partial charge in [-0.2, -0.15) is 0 Å². The summed E-state index contributed by atoms with van der Waals surface area (Å²) in [6.45, 7) is 2.68. The van der Waals surface area contributed by atoms with Crippen LogP contribution in [0.4, 0.5) is 0 Å². The molecular formula is C8H13N2+. The fourth-order valence-corrected chi connectivity index (χ4v) is 0.941. The number of hydrogen-bond donors (Lipinski definition) is 1. The van der Waals surface area contributed by atoms with E-state index in [-0.39, 0.29) is 0 Å². The van der Waals surface area contributed by atoms with E-state index in [9.17, 15) is 0 Å². The zero-order valence-corrected chi connectivity index (χ0v) is 6.46. The first-order valence-corrected chi connectivity index (χ1v) is 3.39. The Morgan fingerprint density at radius 2 is 2.30 bits per heavy atom. The van der Waals surface area contributed by atoms with Crippen LogP contribution in [-0.4, -0.2) is 0 Å². The van der Waals surface area contributed by atoms with Crippen molar-refractivity contribution in [1.29, 1.82) is 0 Å². The molecule has 1 aromatic rings. The molecule has 0 aromatic carbocycles. The van der Waals surface area contributed by atoms with E-state index in [1.54, 1.807) is 0 Å². The van der Waals surface area contributed by atoms with Crippen molar-refractivity contribution < 1.29 is 4.57 Å². The van der Waals surface area contributed by atoms with Crippen molar-refractivity contribution in [2.75, 3.05) is 0 Å². The number of aromatic nitrogens is 1. The van der Waals surface area contributed by atoms with Crippen LogP contribution in [0.2, 0.25) is 0 Å². The molecule has 1 heterocycles. The quantitative estimate of drug-likeness (QED) is 0.553. The second-order valence-electron chi connectivity index (χ2n) is 2.51. The molecule has 0 bridgehead atoms. The highest BCUT2D eigenvalue weighted by Gasteiger charge is 2.01. The van der Waals surface area contributed by atoms with Crippen LogP contribution in [0.1, 0.15) is 11.3 Å². The fraction of sp³-hybridized carbons (Fsp3) is 0.375. The molecule has 0 saturated carbocycles. The molecule has 0 radical (unpaired) electrons. The highest BCUT2D eigenvalue weighted by Crippen LogP contribution is 1.95. The third kappa shape index (κ3) is 1.33. The molecule has 0 unspecified atom stereocenters. The zero-order chi connectivity index (χ0) is 7.56. The van der Waals surface area contributed by atoms with Gasteiger partial charge in [-0.3, -0.25) is 0 Å². The van der Waals surface area contributed by atoms with Crippen LogP contribution in [0.15, 0.2) is 18.3 Å². The Morgan fingerprint density at radius 1 is 1.60 bits per heavy atom. The standard InChI is InChI=1S/C8H13N2/c1-7-3-4-10(2)8(5-7)6-9/h3-5H,6,9H2,1-2H3/q+1. The smallest absolute Gasteiger partial charge is 0.195 e. The van der Waals surface area contributed by atoms with Crippen LogP contribution in [0, 0.1) is 6.92 Å². The lowest BCUT2D eigenvalue weighted by Crippen LogP contribution is -2.34. The van der Waals surface area contributed by atoms with Gasteiger partial charge in [0.25, 0.3) is 0 Å². The summed E-state index contributed by atoms with van der Waals surface area (Å²) in [6.07, 6.45) is 2.03. The zero-order valence-electron chi connectivity index (χ0n) is 6.46. The van der Waals surface area contributed by atoms with Gasteiger partial charge < -0.3 is 5.73 Å². The molecule has 2 nitrogen and oxygen atoms in total. The Morgan fingerprint density at radius 3 is 2.80 bits per heavy atom. The van der Waals surface area contributed by atoms with Crippen LogP contribution in [0.25, 0.3) is 0 Å². The number of hydrogen-bond acceptors (Lipinski definition) is 1. The lowest BCUT2D eigenvalue weighted by atomic mass is 10.2. The van der Waals surface area contributed by atoms with Crippen LogP contribution < -0.4 is 10.3 Å². The molecule has 0 fully saturated rings. The maximum atomic E-state index is 5.50. The SMILES string of the molecule is Cc1cc[n+](C)c(CN)c1. The van der Waals surface area contributed by atoms with Crippen molar-refractivity contribution in [1.82, 2.24) is 0 Å². The van der Waals surface area contributed by atoms with Crippen LogP contribution in [0.3, 0.4) is 0 Å². The highest BCUT2D eigenvalue weighted by molar-refractivity contribution is 5.09. The predicted octanol–water partition coefficient (Wildman–Crippen LogP) is 0.278. The Kier molecular flexibility index (Phi) is 2.02. The van der Waals surface area contributed by atoms with Gasteiger partial charge in [-0.25, -0.2) is 4.57 Å². The van der Waals surface area contributed by atoms with Crippen molar-refractivity contribution in [2.45, 2.75) is 13.5 Å². The van der Waals surface area contributed by atoms with E-state index in [2.05, 4.69) is 19.1 Å². The Labute approximate surface area is 61.3 Å². The summed E-state index contributed by atoms with van der Waals surface area (Å²) in [6, 6.07) is 4.17. The van der Waals surface area contributed by atoms with E-state index in [4.69, 9.17) is 5.73 Å². The van der Waals surface area contributed by atoms with E-state index >= 15 is 0 Å². The van der Waals surface area contributed by atoms with E-state index < -0.39 is 0 Å². The fourth-order valence-electron chi connectivity index (χ4n) is 0.941. The second kappa shape index (κ2) is 2.80. The lowest BCUT2D eigenvalue weighted by Gasteiger charge is -1.95. The Balaban J connectivity index is 3.09. The Hall–Kier alpha value is -0.890. The molecule has 54 valence electrons. The van der Waals surface area contributed by atoms with Crippen molar-refractivity contribution in [2.24, 2.45) is 12.8 Å². The first kappa shape index (κ1) is 7.22. The minimum atomic E-state index is 0.609. The molecule has 0 aliphatic rings. The average Bonchev–Trinajstić information content (AvgIpc) is 1.94. The Bertz CT molecular complexity index is 231. The van der Waals surface area contributed by atoms with Crippen molar-refractivity contribution in [3.63, 3.8) is 0 Å². The normalized spacial score (nSPS) is 9.90. The van der Waals surface area contributed by atoms with Crippen LogP contribution >= 0.6 is 0 Å². The third-order valence-electron chi connectivity index (χ3n) is 1.62. The molecule has 1 aromatic heterocycles. The van der Waals surface area contributed by atoms with Gasteiger partial charge in [-0.15, -0.1) is 0 Å². The van der Waals surface area contributed by atoms with Gasteiger partial charge in [0.15, 0.2) is 11.9 Å². The maximum absolute atomic E-state index is 5.50. The largest absolute Gasteiger partial charge is 0.322 e. The summed E-state index contributed by atoms with van der Waals surface area (Å²) in [7, 11) is 2.00. The van der Waals surface area contributed by atoms with E-state index in [0.717, 1.165) is 0 Å². The monoisotopic (exact) mass is 137 g/mol. The van der Waals surface area contributed by atoms with Crippen LogP contribution in [0.5, 0.6) is 0 Å². The molecule has 2 N–H and O–H groups in total. The summed E-state index contributed by atoms with van der Waals surface area (Å²) in [5, 5.41) is 0. The van der Waals surface area contributed by atoms with E-state index in [1.165, 1.54) is 11.3 Å². The molecule has 10 heavy (non-hydrogen) atoms. The third-order valence-corrected chi connectivity index (χ3v) is 1.62.